The van der Waals surface area contributed by atoms with E-state index in [0.717, 1.165) is 50.0 Å². The monoisotopic (exact) mass is 511 g/mol. The van der Waals surface area contributed by atoms with Crippen LogP contribution in [0.1, 0.15) is 25.1 Å². The number of halogens is 1. The van der Waals surface area contributed by atoms with E-state index in [1.807, 2.05) is 36.5 Å². The van der Waals surface area contributed by atoms with Crippen molar-refractivity contribution >= 4 is 29.9 Å². The number of aliphatic imine (C=N–C) groups is 1. The van der Waals surface area contributed by atoms with Crippen LogP contribution in [-0.4, -0.2) is 55.7 Å². The molecule has 0 radical (unpaired) electrons. The maximum absolute atomic E-state index is 5.83. The average molecular weight is 511 g/mol. The molecule has 0 spiro atoms. The molecule has 0 fully saturated rings. The highest BCUT2D eigenvalue weighted by Gasteiger charge is 2.02. The number of rotatable bonds is 11. The Kier molecular flexibility index (Phi) is 13.0. The smallest absolute Gasteiger partial charge is 0.191 e. The van der Waals surface area contributed by atoms with Crippen LogP contribution in [0.5, 0.6) is 5.75 Å². The van der Waals surface area contributed by atoms with Gasteiger partial charge in [-0.05, 0) is 42.9 Å². The summed E-state index contributed by atoms with van der Waals surface area (Å²) in [6.07, 6.45) is 2.68. The van der Waals surface area contributed by atoms with Gasteiger partial charge in [0.25, 0.3) is 0 Å². The lowest BCUT2D eigenvalue weighted by atomic mass is 10.2. The van der Waals surface area contributed by atoms with Crippen molar-refractivity contribution < 1.29 is 4.74 Å². The van der Waals surface area contributed by atoms with E-state index in [-0.39, 0.29) is 24.0 Å². The maximum atomic E-state index is 5.83. The van der Waals surface area contributed by atoms with E-state index in [1.165, 1.54) is 5.56 Å². The number of hydrogen-bond acceptors (Lipinski definition) is 4. The summed E-state index contributed by atoms with van der Waals surface area (Å²) < 4.78 is 5.83. The molecule has 0 aliphatic heterocycles. The Morgan fingerprint density at radius 1 is 1.07 bits per heavy atom. The number of hydrogen-bond donors (Lipinski definition) is 2. The van der Waals surface area contributed by atoms with Crippen LogP contribution in [0.4, 0.5) is 0 Å². The Morgan fingerprint density at radius 2 is 1.83 bits per heavy atom. The molecule has 0 saturated carbocycles. The Morgan fingerprint density at radius 3 is 2.45 bits per heavy atom. The molecular weight excluding hydrogens is 477 g/mol. The van der Waals surface area contributed by atoms with Crippen molar-refractivity contribution in [3.05, 3.63) is 59.9 Å². The second-order valence-electron chi connectivity index (χ2n) is 6.44. The Labute approximate surface area is 192 Å². The predicted molar refractivity (Wildman–Crippen MR) is 131 cm³/mol. The SMILES string of the molecule is CCN(CC)CCOc1ccc(CNC(=NC)NCCc2ccccn2)cc1.I. The van der Waals surface area contributed by atoms with E-state index < -0.39 is 0 Å². The highest BCUT2D eigenvalue weighted by molar-refractivity contribution is 14.0. The van der Waals surface area contributed by atoms with E-state index in [4.69, 9.17) is 4.74 Å². The number of pyridine rings is 1. The van der Waals surface area contributed by atoms with Gasteiger partial charge in [-0.15, -0.1) is 24.0 Å². The van der Waals surface area contributed by atoms with Crippen LogP contribution in [0.2, 0.25) is 0 Å². The van der Waals surface area contributed by atoms with Crippen molar-refractivity contribution in [2.75, 3.05) is 39.8 Å². The first-order chi connectivity index (χ1) is 13.7. The number of benzene rings is 1. The summed E-state index contributed by atoms with van der Waals surface area (Å²) in [6.45, 7) is 9.63. The maximum Gasteiger partial charge on any atom is 0.191 e. The van der Waals surface area contributed by atoms with Crippen LogP contribution in [0.15, 0.2) is 53.7 Å². The number of nitrogens with one attached hydrogen (secondary N) is 2. The summed E-state index contributed by atoms with van der Waals surface area (Å²) in [5, 5.41) is 6.65. The normalized spacial score (nSPS) is 11.1. The summed E-state index contributed by atoms with van der Waals surface area (Å²) in [4.78, 5) is 11.0. The zero-order chi connectivity index (χ0) is 20.0. The van der Waals surface area contributed by atoms with Gasteiger partial charge in [-0.3, -0.25) is 9.98 Å². The molecule has 1 aromatic heterocycles. The minimum atomic E-state index is 0. The Balaban J connectivity index is 0.00000420. The summed E-state index contributed by atoms with van der Waals surface area (Å²) in [6, 6.07) is 14.2. The largest absolute Gasteiger partial charge is 0.492 e. The van der Waals surface area contributed by atoms with Gasteiger partial charge in [0.15, 0.2) is 5.96 Å². The van der Waals surface area contributed by atoms with E-state index in [2.05, 4.69) is 51.5 Å². The van der Waals surface area contributed by atoms with E-state index in [1.54, 1.807) is 7.05 Å². The zero-order valence-electron chi connectivity index (χ0n) is 17.7. The van der Waals surface area contributed by atoms with Gasteiger partial charge in [0.1, 0.15) is 12.4 Å². The van der Waals surface area contributed by atoms with Gasteiger partial charge in [-0.25, -0.2) is 0 Å². The second-order valence-corrected chi connectivity index (χ2v) is 6.44. The fourth-order valence-corrected chi connectivity index (χ4v) is 2.80. The second kappa shape index (κ2) is 15.0. The van der Waals surface area contributed by atoms with Crippen LogP contribution in [-0.2, 0) is 13.0 Å². The number of likely N-dealkylation sites (N-methyl/N-ethyl adjacent to an activating group) is 1. The fourth-order valence-electron chi connectivity index (χ4n) is 2.80. The molecule has 0 saturated heterocycles. The van der Waals surface area contributed by atoms with Gasteiger partial charge < -0.3 is 20.3 Å². The fraction of sp³-hybridized carbons (Fsp3) is 0.455. The number of aromatic nitrogens is 1. The summed E-state index contributed by atoms with van der Waals surface area (Å²) >= 11 is 0. The highest BCUT2D eigenvalue weighted by atomic mass is 127. The zero-order valence-corrected chi connectivity index (χ0v) is 20.1. The van der Waals surface area contributed by atoms with Crippen molar-refractivity contribution in [1.29, 1.82) is 0 Å². The lowest BCUT2D eigenvalue weighted by Crippen LogP contribution is -2.37. The molecule has 2 aromatic rings. The molecule has 29 heavy (non-hydrogen) atoms. The molecule has 0 aliphatic carbocycles. The van der Waals surface area contributed by atoms with E-state index >= 15 is 0 Å². The topological polar surface area (TPSA) is 61.8 Å². The summed E-state index contributed by atoms with van der Waals surface area (Å²) in [5.41, 5.74) is 2.26. The Bertz CT molecular complexity index is 690. The number of guanidine groups is 1. The summed E-state index contributed by atoms with van der Waals surface area (Å²) in [5.74, 6) is 1.70. The third kappa shape index (κ3) is 9.94. The minimum Gasteiger partial charge on any atom is -0.492 e. The molecule has 0 aliphatic rings. The van der Waals surface area contributed by atoms with Crippen LogP contribution >= 0.6 is 24.0 Å². The van der Waals surface area contributed by atoms with Crippen molar-refractivity contribution in [2.45, 2.75) is 26.8 Å². The van der Waals surface area contributed by atoms with Gasteiger partial charge >= 0.3 is 0 Å². The molecule has 160 valence electrons. The van der Waals surface area contributed by atoms with Crippen LogP contribution < -0.4 is 15.4 Å². The van der Waals surface area contributed by atoms with Crippen molar-refractivity contribution in [2.24, 2.45) is 4.99 Å². The van der Waals surface area contributed by atoms with E-state index in [0.29, 0.717) is 13.2 Å². The average Bonchev–Trinajstić information content (AvgIpc) is 2.75. The van der Waals surface area contributed by atoms with Gasteiger partial charge in [-0.1, -0.05) is 32.0 Å². The first-order valence-electron chi connectivity index (χ1n) is 10.0. The van der Waals surface area contributed by atoms with Crippen LogP contribution in [0, 0.1) is 0 Å². The van der Waals surface area contributed by atoms with Gasteiger partial charge in [0.05, 0.1) is 0 Å². The standard InChI is InChI=1S/C22H33N5O.HI/c1-4-27(5-2)16-17-28-21-11-9-19(10-12-21)18-26-22(23-3)25-15-13-20-8-6-7-14-24-20;/h6-12,14H,4-5,13,15-18H2,1-3H3,(H2,23,25,26);1H. The molecular formula is C22H34IN5O. The summed E-state index contributed by atoms with van der Waals surface area (Å²) in [7, 11) is 1.78. The number of nitrogens with zero attached hydrogens (tertiary/aromatic N) is 3. The van der Waals surface area contributed by atoms with Gasteiger partial charge in [0.2, 0.25) is 0 Å². The molecule has 2 N–H and O–H groups in total. The molecule has 0 amide bonds. The van der Waals surface area contributed by atoms with Gasteiger partial charge in [0, 0.05) is 45.0 Å². The minimum absolute atomic E-state index is 0. The molecule has 1 heterocycles. The molecule has 7 heteroatoms. The molecule has 0 atom stereocenters. The van der Waals surface area contributed by atoms with Crippen LogP contribution in [0.3, 0.4) is 0 Å². The quantitative estimate of drug-likeness (QED) is 0.276. The molecule has 1 aromatic carbocycles. The lowest BCUT2D eigenvalue weighted by molar-refractivity contribution is 0.223. The first-order valence-corrected chi connectivity index (χ1v) is 10.0. The third-order valence-corrected chi connectivity index (χ3v) is 4.58. The van der Waals surface area contributed by atoms with Crippen molar-refractivity contribution in [3.63, 3.8) is 0 Å². The first kappa shape index (κ1) is 25.2. The third-order valence-electron chi connectivity index (χ3n) is 4.58. The van der Waals surface area contributed by atoms with Crippen molar-refractivity contribution in [1.82, 2.24) is 20.5 Å². The van der Waals surface area contributed by atoms with Crippen LogP contribution in [0.25, 0.3) is 0 Å². The highest BCUT2D eigenvalue weighted by Crippen LogP contribution is 2.12. The molecule has 2 rings (SSSR count). The molecule has 0 bridgehead atoms. The lowest BCUT2D eigenvalue weighted by Gasteiger charge is -2.18. The van der Waals surface area contributed by atoms with E-state index in [9.17, 15) is 0 Å². The van der Waals surface area contributed by atoms with Gasteiger partial charge in [-0.2, -0.15) is 0 Å². The molecule has 0 unspecified atom stereocenters. The van der Waals surface area contributed by atoms with Crippen molar-refractivity contribution in [3.8, 4) is 5.75 Å². The predicted octanol–water partition coefficient (Wildman–Crippen LogP) is 3.33. The Hall–Kier alpha value is -1.87. The molecule has 6 nitrogen and oxygen atoms in total. The number of ether oxygens (including phenoxy) is 1.